The zero-order valence-corrected chi connectivity index (χ0v) is 19.8. The standard InChI is InChI=1S/C28H26N2O5/c1-4-34-25-16-21(13-14-24(25)35-17-20-11-9-18(2)10-12-20)15-22-26(31)29-28(33)30(27(22)32)23-8-6-5-7-19(23)3/h5-16H,4,17H2,1-3H3,(H,29,31,33)/b22-15+. The van der Waals surface area contributed by atoms with E-state index in [0.29, 0.717) is 36.0 Å². The molecule has 1 fully saturated rings. The van der Waals surface area contributed by atoms with Crippen molar-refractivity contribution in [3.05, 3.63) is 94.6 Å². The maximum absolute atomic E-state index is 13.2. The zero-order valence-electron chi connectivity index (χ0n) is 19.8. The lowest BCUT2D eigenvalue weighted by molar-refractivity contribution is -0.122. The average Bonchev–Trinajstić information content (AvgIpc) is 2.83. The fourth-order valence-electron chi connectivity index (χ4n) is 3.70. The minimum atomic E-state index is -0.777. The number of rotatable bonds is 7. The first kappa shape index (κ1) is 23.8. The fourth-order valence-corrected chi connectivity index (χ4v) is 3.70. The van der Waals surface area contributed by atoms with Crippen LogP contribution in [0.3, 0.4) is 0 Å². The number of nitrogens with zero attached hydrogens (tertiary/aromatic N) is 1. The molecule has 1 aliphatic heterocycles. The van der Waals surface area contributed by atoms with Gasteiger partial charge in [0.2, 0.25) is 0 Å². The fraction of sp³-hybridized carbons (Fsp3) is 0.179. The SMILES string of the molecule is CCOc1cc(/C=C2\C(=O)NC(=O)N(c3ccccc3C)C2=O)ccc1OCc1ccc(C)cc1. The molecule has 178 valence electrons. The van der Waals surface area contributed by atoms with Crippen molar-refractivity contribution in [2.45, 2.75) is 27.4 Å². The monoisotopic (exact) mass is 470 g/mol. The van der Waals surface area contributed by atoms with Crippen LogP contribution in [0.4, 0.5) is 10.5 Å². The van der Waals surface area contributed by atoms with Gasteiger partial charge in [0.1, 0.15) is 12.2 Å². The first-order chi connectivity index (χ1) is 16.9. The number of ether oxygens (including phenoxy) is 2. The van der Waals surface area contributed by atoms with Crippen molar-refractivity contribution in [1.82, 2.24) is 5.32 Å². The van der Waals surface area contributed by atoms with Crippen LogP contribution in [0, 0.1) is 13.8 Å². The smallest absolute Gasteiger partial charge is 0.335 e. The highest BCUT2D eigenvalue weighted by Gasteiger charge is 2.37. The summed E-state index contributed by atoms with van der Waals surface area (Å²) in [6.07, 6.45) is 1.45. The molecule has 3 aromatic rings. The summed E-state index contributed by atoms with van der Waals surface area (Å²) >= 11 is 0. The zero-order chi connectivity index (χ0) is 24.9. The van der Waals surface area contributed by atoms with E-state index in [1.807, 2.05) is 44.2 Å². The topological polar surface area (TPSA) is 84.9 Å². The van der Waals surface area contributed by atoms with Gasteiger partial charge in [-0.05, 0) is 61.7 Å². The quantitative estimate of drug-likeness (QED) is 0.390. The third-order valence-electron chi connectivity index (χ3n) is 5.55. The summed E-state index contributed by atoms with van der Waals surface area (Å²) in [6.45, 7) is 6.46. The Kier molecular flexibility index (Phi) is 6.96. The van der Waals surface area contributed by atoms with Crippen LogP contribution < -0.4 is 19.7 Å². The van der Waals surface area contributed by atoms with Crippen LogP contribution in [-0.4, -0.2) is 24.5 Å². The summed E-state index contributed by atoms with van der Waals surface area (Å²) in [6, 6.07) is 19.4. The molecule has 0 aromatic heterocycles. The molecule has 1 saturated heterocycles. The molecule has 0 atom stereocenters. The van der Waals surface area contributed by atoms with E-state index in [-0.39, 0.29) is 5.57 Å². The third-order valence-corrected chi connectivity index (χ3v) is 5.55. The highest BCUT2D eigenvalue weighted by molar-refractivity contribution is 6.39. The summed E-state index contributed by atoms with van der Waals surface area (Å²) in [4.78, 5) is 39.2. The number of hydrogen-bond donors (Lipinski definition) is 1. The number of barbiturate groups is 1. The number of carbonyl (C=O) groups is 3. The van der Waals surface area contributed by atoms with Gasteiger partial charge in [-0.3, -0.25) is 14.9 Å². The second-order valence-electron chi connectivity index (χ2n) is 8.16. The summed E-state index contributed by atoms with van der Waals surface area (Å²) in [7, 11) is 0. The Hall–Kier alpha value is -4.39. The predicted octanol–water partition coefficient (Wildman–Crippen LogP) is 4.95. The molecule has 7 nitrogen and oxygen atoms in total. The van der Waals surface area contributed by atoms with E-state index >= 15 is 0 Å². The minimum absolute atomic E-state index is 0.149. The van der Waals surface area contributed by atoms with Crippen LogP contribution >= 0.6 is 0 Å². The molecule has 4 amide bonds. The van der Waals surface area contributed by atoms with Gasteiger partial charge in [0.25, 0.3) is 11.8 Å². The number of nitrogens with one attached hydrogen (secondary N) is 1. The van der Waals surface area contributed by atoms with Crippen LogP contribution in [0.5, 0.6) is 11.5 Å². The Bertz CT molecular complexity index is 1310. The first-order valence-electron chi connectivity index (χ1n) is 11.3. The molecule has 0 bridgehead atoms. The molecule has 7 heteroatoms. The predicted molar refractivity (Wildman–Crippen MR) is 133 cm³/mol. The number of anilines is 1. The Balaban J connectivity index is 1.61. The Morgan fingerprint density at radius 2 is 1.63 bits per heavy atom. The van der Waals surface area contributed by atoms with Crippen molar-refractivity contribution in [3.8, 4) is 11.5 Å². The molecule has 0 aliphatic carbocycles. The minimum Gasteiger partial charge on any atom is -0.490 e. The Labute approximate surface area is 204 Å². The molecular weight excluding hydrogens is 444 g/mol. The third kappa shape index (κ3) is 5.24. The van der Waals surface area contributed by atoms with Crippen LogP contribution in [0.15, 0.2) is 72.3 Å². The summed E-state index contributed by atoms with van der Waals surface area (Å²) in [5.74, 6) is -0.400. The van der Waals surface area contributed by atoms with E-state index in [2.05, 4.69) is 5.32 Å². The van der Waals surface area contributed by atoms with Crippen molar-refractivity contribution >= 4 is 29.6 Å². The van der Waals surface area contributed by atoms with Gasteiger partial charge in [0.05, 0.1) is 12.3 Å². The lowest BCUT2D eigenvalue weighted by Gasteiger charge is -2.27. The lowest BCUT2D eigenvalue weighted by Crippen LogP contribution is -2.54. The molecule has 0 unspecified atom stereocenters. The first-order valence-corrected chi connectivity index (χ1v) is 11.3. The lowest BCUT2D eigenvalue weighted by atomic mass is 10.1. The van der Waals surface area contributed by atoms with Gasteiger partial charge in [-0.15, -0.1) is 0 Å². The van der Waals surface area contributed by atoms with E-state index < -0.39 is 17.8 Å². The summed E-state index contributed by atoms with van der Waals surface area (Å²) in [5.41, 5.74) is 3.76. The number of benzene rings is 3. The molecule has 4 rings (SSSR count). The maximum Gasteiger partial charge on any atom is 0.335 e. The Morgan fingerprint density at radius 3 is 2.34 bits per heavy atom. The number of hydrogen-bond acceptors (Lipinski definition) is 5. The van der Waals surface area contributed by atoms with Crippen molar-refractivity contribution in [2.75, 3.05) is 11.5 Å². The van der Waals surface area contributed by atoms with Crippen molar-refractivity contribution < 1.29 is 23.9 Å². The van der Waals surface area contributed by atoms with Crippen LogP contribution in [-0.2, 0) is 16.2 Å². The summed E-state index contributed by atoms with van der Waals surface area (Å²) in [5, 5.41) is 2.25. The van der Waals surface area contributed by atoms with E-state index in [4.69, 9.17) is 9.47 Å². The maximum atomic E-state index is 13.2. The molecule has 0 saturated carbocycles. The Morgan fingerprint density at radius 1 is 0.886 bits per heavy atom. The highest BCUT2D eigenvalue weighted by Crippen LogP contribution is 2.31. The molecule has 1 N–H and O–H groups in total. The molecular formula is C28H26N2O5. The molecule has 35 heavy (non-hydrogen) atoms. The number of urea groups is 1. The van der Waals surface area contributed by atoms with Crippen molar-refractivity contribution in [3.63, 3.8) is 0 Å². The number of aryl methyl sites for hydroxylation is 2. The highest BCUT2D eigenvalue weighted by atomic mass is 16.5. The van der Waals surface area contributed by atoms with Gasteiger partial charge in [0, 0.05) is 0 Å². The second-order valence-corrected chi connectivity index (χ2v) is 8.16. The number of imide groups is 2. The largest absolute Gasteiger partial charge is 0.490 e. The molecule has 1 heterocycles. The van der Waals surface area contributed by atoms with Crippen LogP contribution in [0.25, 0.3) is 6.08 Å². The number of amides is 4. The van der Waals surface area contributed by atoms with Gasteiger partial charge < -0.3 is 9.47 Å². The van der Waals surface area contributed by atoms with E-state index in [9.17, 15) is 14.4 Å². The van der Waals surface area contributed by atoms with Gasteiger partial charge in [-0.25, -0.2) is 9.69 Å². The second kappa shape index (κ2) is 10.3. The molecule has 1 aliphatic rings. The van der Waals surface area contributed by atoms with Crippen molar-refractivity contribution in [2.24, 2.45) is 0 Å². The van der Waals surface area contributed by atoms with Crippen LogP contribution in [0.1, 0.15) is 29.2 Å². The number of para-hydroxylation sites is 1. The summed E-state index contributed by atoms with van der Waals surface area (Å²) < 4.78 is 11.7. The van der Waals surface area contributed by atoms with E-state index in [1.54, 1.807) is 43.3 Å². The van der Waals surface area contributed by atoms with Crippen molar-refractivity contribution in [1.29, 1.82) is 0 Å². The van der Waals surface area contributed by atoms with E-state index in [0.717, 1.165) is 16.0 Å². The van der Waals surface area contributed by atoms with Crippen LogP contribution in [0.2, 0.25) is 0 Å². The molecule has 0 radical (unpaired) electrons. The van der Waals surface area contributed by atoms with Gasteiger partial charge in [-0.2, -0.15) is 0 Å². The van der Waals surface area contributed by atoms with Gasteiger partial charge >= 0.3 is 6.03 Å². The van der Waals surface area contributed by atoms with Gasteiger partial charge in [-0.1, -0.05) is 54.1 Å². The van der Waals surface area contributed by atoms with Gasteiger partial charge in [0.15, 0.2) is 11.5 Å². The number of carbonyl (C=O) groups excluding carboxylic acids is 3. The normalized spacial score (nSPS) is 14.8. The molecule has 0 spiro atoms. The molecule has 3 aromatic carbocycles. The average molecular weight is 471 g/mol. The van der Waals surface area contributed by atoms with E-state index in [1.165, 1.54) is 11.6 Å².